The minimum Gasteiger partial charge on any atom is -0.481 e. The first-order valence-corrected chi connectivity index (χ1v) is 12.6. The zero-order valence-corrected chi connectivity index (χ0v) is 21.1. The molecule has 0 bridgehead atoms. The van der Waals surface area contributed by atoms with Gasteiger partial charge in [0.1, 0.15) is 11.9 Å². The van der Waals surface area contributed by atoms with E-state index in [1.54, 1.807) is 35.0 Å². The minimum absolute atomic E-state index is 0.172. The maximum Gasteiger partial charge on any atom is 0.305 e. The number of fused-ring (bicyclic) bond motifs is 2. The Morgan fingerprint density at radius 2 is 1.95 bits per heavy atom. The van der Waals surface area contributed by atoms with Crippen LogP contribution in [-0.4, -0.2) is 68.8 Å². The third-order valence-corrected chi connectivity index (χ3v) is 6.59. The Hall–Kier alpha value is -3.92. The molecule has 1 aliphatic heterocycles. The molecule has 37 heavy (non-hydrogen) atoms. The fourth-order valence-electron chi connectivity index (χ4n) is 4.65. The summed E-state index contributed by atoms with van der Waals surface area (Å²) in [6.45, 7) is 1.78. The van der Waals surface area contributed by atoms with Gasteiger partial charge >= 0.3 is 5.97 Å². The van der Waals surface area contributed by atoms with Gasteiger partial charge in [0.05, 0.1) is 24.0 Å². The van der Waals surface area contributed by atoms with Gasteiger partial charge in [-0.3, -0.25) is 14.4 Å². The van der Waals surface area contributed by atoms with Crippen molar-refractivity contribution in [3.63, 3.8) is 0 Å². The lowest BCUT2D eigenvalue weighted by atomic mass is 10.1. The molecule has 2 aromatic carbocycles. The number of nitrogens with zero attached hydrogens (tertiary/aromatic N) is 3. The molecule has 5 N–H and O–H groups in total. The Kier molecular flexibility index (Phi) is 8.39. The molecule has 0 radical (unpaired) electrons. The second-order valence-corrected chi connectivity index (χ2v) is 9.49. The van der Waals surface area contributed by atoms with E-state index < -0.39 is 12.0 Å². The Morgan fingerprint density at radius 3 is 2.70 bits per heavy atom. The molecule has 1 aromatic heterocycles. The number of H-pyrrole nitrogens is 1. The van der Waals surface area contributed by atoms with E-state index in [1.807, 2.05) is 24.3 Å². The zero-order valence-electron chi connectivity index (χ0n) is 21.1. The second kappa shape index (κ2) is 11.9. The number of rotatable bonds is 11. The van der Waals surface area contributed by atoms with Crippen molar-refractivity contribution in [2.45, 2.75) is 51.2 Å². The first-order chi connectivity index (χ1) is 17.9. The lowest BCUT2D eigenvalue weighted by molar-refractivity contribution is -0.141. The molecule has 1 atom stereocenters. The fourth-order valence-corrected chi connectivity index (χ4v) is 4.65. The topological polar surface area (TPSA) is 145 Å². The predicted molar refractivity (Wildman–Crippen MR) is 141 cm³/mol. The molecule has 196 valence electrons. The molecule has 0 saturated carbocycles. The van der Waals surface area contributed by atoms with Gasteiger partial charge in [0, 0.05) is 31.4 Å². The number of nitrogens with two attached hydrogens (primary N) is 1. The number of aromatic amines is 1. The molecule has 10 nitrogen and oxygen atoms in total. The van der Waals surface area contributed by atoms with Gasteiger partial charge < -0.3 is 30.9 Å². The monoisotopic (exact) mass is 506 g/mol. The van der Waals surface area contributed by atoms with Crippen LogP contribution in [-0.2, 0) is 22.7 Å². The van der Waals surface area contributed by atoms with Crippen molar-refractivity contribution >= 4 is 34.5 Å². The smallest absolute Gasteiger partial charge is 0.305 e. The molecule has 10 heteroatoms. The van der Waals surface area contributed by atoms with Gasteiger partial charge in [-0.1, -0.05) is 25.0 Å². The van der Waals surface area contributed by atoms with Crippen LogP contribution >= 0.6 is 0 Å². The van der Waals surface area contributed by atoms with Gasteiger partial charge in [0.15, 0.2) is 0 Å². The molecule has 0 saturated heterocycles. The SMILES string of the molecule is CN(Cc1nc2ccccc2[nH]1)C(=O)c1ccc2c(c1)CN(CCCCCCN)C(=O)C(CC(=O)O)N2. The van der Waals surface area contributed by atoms with Crippen molar-refractivity contribution in [1.82, 2.24) is 19.8 Å². The number of imidazole rings is 1. The van der Waals surface area contributed by atoms with Crippen LogP contribution in [0.15, 0.2) is 42.5 Å². The lowest BCUT2D eigenvalue weighted by Gasteiger charge is -2.24. The van der Waals surface area contributed by atoms with Crippen molar-refractivity contribution in [3.8, 4) is 0 Å². The van der Waals surface area contributed by atoms with Gasteiger partial charge in [0.25, 0.3) is 5.91 Å². The second-order valence-electron chi connectivity index (χ2n) is 9.49. The number of benzene rings is 2. The van der Waals surface area contributed by atoms with Gasteiger partial charge in [0.2, 0.25) is 5.91 Å². The number of hydrogen-bond acceptors (Lipinski definition) is 6. The standard InChI is InChI=1S/C27H34N6O4/c1-32(17-24-30-21-8-4-5-9-22(21)31-24)26(36)18-10-11-20-19(14-18)16-33(13-7-3-2-6-12-28)27(37)23(29-20)15-25(34)35/h4-5,8-11,14,23,29H,2-3,6-7,12-13,15-17,28H2,1H3,(H,30,31)(H,34,35). The van der Waals surface area contributed by atoms with Crippen LogP contribution in [0.3, 0.4) is 0 Å². The van der Waals surface area contributed by atoms with Crippen molar-refractivity contribution in [2.24, 2.45) is 5.73 Å². The highest BCUT2D eigenvalue weighted by Gasteiger charge is 2.31. The summed E-state index contributed by atoms with van der Waals surface area (Å²) < 4.78 is 0. The molecule has 0 spiro atoms. The van der Waals surface area contributed by atoms with Gasteiger partial charge in [-0.05, 0) is 55.3 Å². The number of aromatic nitrogens is 2. The molecule has 1 aliphatic rings. The molecule has 1 unspecified atom stereocenters. The molecule has 3 aromatic rings. The number of anilines is 1. The Labute approximate surface area is 215 Å². The zero-order chi connectivity index (χ0) is 26.4. The number of carboxylic acids is 1. The largest absolute Gasteiger partial charge is 0.481 e. The first-order valence-electron chi connectivity index (χ1n) is 12.6. The first kappa shape index (κ1) is 26.2. The molecule has 0 fully saturated rings. The number of carbonyl (C=O) groups excluding carboxylic acids is 2. The van der Waals surface area contributed by atoms with Crippen LogP contribution in [0.2, 0.25) is 0 Å². The molecular formula is C27H34N6O4. The number of hydrogen-bond donors (Lipinski definition) is 4. The number of unbranched alkanes of at least 4 members (excludes halogenated alkanes) is 3. The minimum atomic E-state index is -1.05. The third kappa shape index (κ3) is 6.45. The summed E-state index contributed by atoms with van der Waals surface area (Å²) in [6, 6.07) is 12.1. The average Bonchev–Trinajstić information content (AvgIpc) is 3.24. The van der Waals surface area contributed by atoms with Crippen LogP contribution < -0.4 is 11.1 Å². The summed E-state index contributed by atoms with van der Waals surface area (Å²) in [5, 5.41) is 12.5. The van der Waals surface area contributed by atoms with Crippen molar-refractivity contribution in [2.75, 3.05) is 25.5 Å². The number of carboxylic acid groups (broad SMARTS) is 1. The summed E-state index contributed by atoms with van der Waals surface area (Å²) in [7, 11) is 1.72. The van der Waals surface area contributed by atoms with Crippen LogP contribution in [0.25, 0.3) is 11.0 Å². The summed E-state index contributed by atoms with van der Waals surface area (Å²) in [6.07, 6.45) is 3.35. The summed E-state index contributed by atoms with van der Waals surface area (Å²) in [5.74, 6) is -0.769. The van der Waals surface area contributed by atoms with Crippen molar-refractivity contribution < 1.29 is 19.5 Å². The number of carbonyl (C=O) groups is 3. The molecule has 2 amide bonds. The maximum atomic E-state index is 13.3. The van der Waals surface area contributed by atoms with E-state index in [2.05, 4.69) is 15.3 Å². The summed E-state index contributed by atoms with van der Waals surface area (Å²) in [5.41, 5.74) is 9.27. The van der Waals surface area contributed by atoms with Gasteiger partial charge in [-0.25, -0.2) is 4.98 Å². The fraction of sp³-hybridized carbons (Fsp3) is 0.407. The maximum absolute atomic E-state index is 13.3. The van der Waals surface area contributed by atoms with Crippen LogP contribution in [0, 0.1) is 0 Å². The van der Waals surface area contributed by atoms with E-state index in [0.717, 1.165) is 42.3 Å². The van der Waals surface area contributed by atoms with E-state index in [4.69, 9.17) is 5.73 Å². The Morgan fingerprint density at radius 1 is 1.16 bits per heavy atom. The van der Waals surface area contributed by atoms with Crippen molar-refractivity contribution in [3.05, 3.63) is 59.4 Å². The molecular weight excluding hydrogens is 472 g/mol. The van der Waals surface area contributed by atoms with E-state index >= 15 is 0 Å². The predicted octanol–water partition coefficient (Wildman–Crippen LogP) is 2.95. The number of aliphatic carboxylic acids is 1. The third-order valence-electron chi connectivity index (χ3n) is 6.59. The highest BCUT2D eigenvalue weighted by molar-refractivity contribution is 5.95. The van der Waals surface area contributed by atoms with Gasteiger partial charge in [-0.2, -0.15) is 0 Å². The van der Waals surface area contributed by atoms with Crippen LogP contribution in [0.4, 0.5) is 5.69 Å². The Balaban J connectivity index is 1.51. The van der Waals surface area contributed by atoms with Crippen molar-refractivity contribution in [1.29, 1.82) is 0 Å². The summed E-state index contributed by atoms with van der Waals surface area (Å²) in [4.78, 5) is 48.9. The average molecular weight is 507 g/mol. The van der Waals surface area contributed by atoms with Crippen LogP contribution in [0.1, 0.15) is 53.8 Å². The van der Waals surface area contributed by atoms with E-state index in [0.29, 0.717) is 43.3 Å². The van der Waals surface area contributed by atoms with Gasteiger partial charge in [-0.15, -0.1) is 0 Å². The molecule has 0 aliphatic carbocycles. The molecule has 2 heterocycles. The highest BCUT2D eigenvalue weighted by Crippen LogP contribution is 2.26. The number of para-hydroxylation sites is 2. The number of nitrogens with one attached hydrogen (secondary N) is 2. The summed E-state index contributed by atoms with van der Waals surface area (Å²) >= 11 is 0. The van der Waals surface area contributed by atoms with E-state index in [-0.39, 0.29) is 18.2 Å². The van der Waals surface area contributed by atoms with E-state index in [1.165, 1.54) is 0 Å². The highest BCUT2D eigenvalue weighted by atomic mass is 16.4. The Bertz CT molecular complexity index is 1240. The quantitative estimate of drug-likeness (QED) is 0.293. The number of amides is 2. The normalized spacial score (nSPS) is 15.2. The van der Waals surface area contributed by atoms with Crippen LogP contribution in [0.5, 0.6) is 0 Å². The molecule has 4 rings (SSSR count). The lowest BCUT2D eigenvalue weighted by Crippen LogP contribution is -2.42. The van der Waals surface area contributed by atoms with E-state index in [9.17, 15) is 19.5 Å².